The number of benzene rings is 2. The van der Waals surface area contributed by atoms with E-state index in [0.717, 1.165) is 11.1 Å². The molecule has 0 aliphatic rings. The van der Waals surface area contributed by atoms with Crippen molar-refractivity contribution in [1.29, 1.82) is 0 Å². The van der Waals surface area contributed by atoms with Gasteiger partial charge in [0, 0.05) is 18.8 Å². The molecule has 0 unspecified atom stereocenters. The fourth-order valence-electron chi connectivity index (χ4n) is 3.78. The third-order valence-corrected chi connectivity index (χ3v) is 5.84. The molecule has 10 nitrogen and oxygen atoms in total. The van der Waals surface area contributed by atoms with Crippen LogP contribution in [0.2, 0.25) is 0 Å². The second kappa shape index (κ2) is 12.0. The van der Waals surface area contributed by atoms with Gasteiger partial charge in [0.05, 0.1) is 33.3 Å². The molecule has 0 aliphatic heterocycles. The molecule has 1 aromatic heterocycles. The molecule has 3 N–H and O–H groups in total. The smallest absolute Gasteiger partial charge is 0.319 e. The van der Waals surface area contributed by atoms with Gasteiger partial charge in [0.1, 0.15) is 17.2 Å². The minimum atomic E-state index is -0.838. The summed E-state index contributed by atoms with van der Waals surface area (Å²) >= 11 is 0. The normalized spacial score (nSPS) is 11.4. The summed E-state index contributed by atoms with van der Waals surface area (Å²) in [6.07, 6.45) is -0.177. The summed E-state index contributed by atoms with van der Waals surface area (Å²) in [5.41, 5.74) is 1.86. The van der Waals surface area contributed by atoms with Crippen molar-refractivity contribution in [2.45, 2.75) is 26.3 Å². The van der Waals surface area contributed by atoms with Crippen molar-refractivity contribution in [2.75, 3.05) is 26.1 Å². The molecule has 2 amide bonds. The lowest BCUT2D eigenvalue weighted by atomic mass is 9.97. The van der Waals surface area contributed by atoms with E-state index in [4.69, 9.17) is 14.2 Å². The fourth-order valence-corrected chi connectivity index (χ4v) is 3.78. The van der Waals surface area contributed by atoms with E-state index < -0.39 is 23.6 Å². The summed E-state index contributed by atoms with van der Waals surface area (Å²) in [6.45, 7) is 3.52. The van der Waals surface area contributed by atoms with Gasteiger partial charge in [-0.1, -0.05) is 12.1 Å². The molecule has 0 saturated heterocycles. The maximum Gasteiger partial charge on any atom is 0.319 e. The van der Waals surface area contributed by atoms with Gasteiger partial charge in [0.15, 0.2) is 5.69 Å². The monoisotopic (exact) mass is 509 g/mol. The van der Waals surface area contributed by atoms with Gasteiger partial charge in [-0.2, -0.15) is 0 Å². The molecule has 0 bridgehead atoms. The van der Waals surface area contributed by atoms with Crippen molar-refractivity contribution in [3.05, 3.63) is 70.1 Å². The number of urea groups is 1. The standard InChI is InChI=1S/C27H31N3O7/c1-6-37-24(32)15-22(28-27(34)29-25-23(31)10-16(2)30(3)26(25)33)19-11-18(13-21(14-19)36-5)17-8-7-9-20(12-17)35-4/h7-14,22,31H,6,15H2,1-5H3,(H2,28,29,34)/t22-/m0/s1. The number of rotatable bonds is 9. The third kappa shape index (κ3) is 6.60. The number of aromatic hydroxyl groups is 1. The number of nitrogens with zero attached hydrogens (tertiary/aromatic N) is 1. The number of aryl methyl sites for hydroxylation is 1. The number of esters is 1. The van der Waals surface area contributed by atoms with Gasteiger partial charge in [-0.3, -0.25) is 9.59 Å². The molecule has 1 heterocycles. The Labute approximate surface area is 214 Å². The molecule has 0 saturated carbocycles. The van der Waals surface area contributed by atoms with Crippen LogP contribution in [0.5, 0.6) is 17.2 Å². The first-order valence-electron chi connectivity index (χ1n) is 11.6. The average Bonchev–Trinajstić information content (AvgIpc) is 2.89. The zero-order valence-electron chi connectivity index (χ0n) is 21.5. The maximum absolute atomic E-state index is 12.9. The van der Waals surface area contributed by atoms with Gasteiger partial charge >= 0.3 is 12.0 Å². The number of pyridine rings is 1. The molecule has 0 fully saturated rings. The van der Waals surface area contributed by atoms with E-state index in [9.17, 15) is 19.5 Å². The Morgan fingerprint density at radius 2 is 1.73 bits per heavy atom. The number of nitrogens with one attached hydrogen (secondary N) is 2. The summed E-state index contributed by atoms with van der Waals surface area (Å²) < 4.78 is 17.2. The van der Waals surface area contributed by atoms with Crippen LogP contribution in [0, 0.1) is 6.92 Å². The minimum absolute atomic E-state index is 0.177. The second-order valence-electron chi connectivity index (χ2n) is 8.30. The molecule has 10 heteroatoms. The lowest BCUT2D eigenvalue weighted by Gasteiger charge is -2.21. The van der Waals surface area contributed by atoms with Crippen molar-refractivity contribution >= 4 is 17.7 Å². The van der Waals surface area contributed by atoms with Crippen LogP contribution in [-0.4, -0.2) is 42.5 Å². The number of hydrogen-bond donors (Lipinski definition) is 3. The number of carbonyl (C=O) groups is 2. The summed E-state index contributed by atoms with van der Waals surface area (Å²) in [5, 5.41) is 15.4. The highest BCUT2D eigenvalue weighted by Gasteiger charge is 2.23. The SMILES string of the molecule is CCOC(=O)C[C@H](NC(=O)Nc1c(O)cc(C)n(C)c1=O)c1cc(OC)cc(-c2cccc(OC)c2)c1. The van der Waals surface area contributed by atoms with E-state index in [2.05, 4.69) is 10.6 Å². The van der Waals surface area contributed by atoms with Crippen molar-refractivity contribution in [3.63, 3.8) is 0 Å². The average molecular weight is 510 g/mol. The highest BCUT2D eigenvalue weighted by molar-refractivity contribution is 5.91. The molecular formula is C27H31N3O7. The molecule has 3 rings (SSSR count). The van der Waals surface area contributed by atoms with Crippen LogP contribution in [0.25, 0.3) is 11.1 Å². The van der Waals surface area contributed by atoms with Crippen LogP contribution in [0.1, 0.15) is 30.6 Å². The quantitative estimate of drug-likeness (QED) is 0.373. The molecular weight excluding hydrogens is 478 g/mol. The number of carbonyl (C=O) groups excluding carboxylic acids is 2. The van der Waals surface area contributed by atoms with Crippen LogP contribution >= 0.6 is 0 Å². The maximum atomic E-state index is 12.9. The van der Waals surface area contributed by atoms with Crippen molar-refractivity contribution in [2.24, 2.45) is 7.05 Å². The summed E-state index contributed by atoms with van der Waals surface area (Å²) in [4.78, 5) is 37.9. The molecule has 2 aromatic carbocycles. The zero-order chi connectivity index (χ0) is 27.1. The number of hydrogen-bond acceptors (Lipinski definition) is 7. The van der Waals surface area contributed by atoms with E-state index in [0.29, 0.717) is 22.8 Å². The van der Waals surface area contributed by atoms with Gasteiger partial charge in [-0.15, -0.1) is 0 Å². The number of anilines is 1. The van der Waals surface area contributed by atoms with Crippen LogP contribution in [0.3, 0.4) is 0 Å². The Hall–Kier alpha value is -4.47. The van der Waals surface area contributed by atoms with E-state index in [-0.39, 0.29) is 24.5 Å². The van der Waals surface area contributed by atoms with Crippen molar-refractivity contribution in [1.82, 2.24) is 9.88 Å². The third-order valence-electron chi connectivity index (χ3n) is 5.84. The summed E-state index contributed by atoms with van der Waals surface area (Å²) in [7, 11) is 4.62. The largest absolute Gasteiger partial charge is 0.505 e. The molecule has 1 atom stereocenters. The molecule has 0 aliphatic carbocycles. The van der Waals surface area contributed by atoms with Crippen LogP contribution < -0.4 is 25.7 Å². The van der Waals surface area contributed by atoms with Gasteiger partial charge in [-0.25, -0.2) is 4.79 Å². The molecule has 196 valence electrons. The Kier molecular flexibility index (Phi) is 8.78. The predicted octanol–water partition coefficient (Wildman–Crippen LogP) is 3.90. The zero-order valence-corrected chi connectivity index (χ0v) is 21.5. The highest BCUT2D eigenvalue weighted by atomic mass is 16.5. The number of aromatic nitrogens is 1. The molecule has 3 aromatic rings. The Balaban J connectivity index is 1.98. The number of methoxy groups -OCH3 is 2. The Morgan fingerprint density at radius 1 is 1.03 bits per heavy atom. The van der Waals surface area contributed by atoms with Crippen LogP contribution in [-0.2, 0) is 16.6 Å². The van der Waals surface area contributed by atoms with Gasteiger partial charge in [0.2, 0.25) is 0 Å². The fraction of sp³-hybridized carbons (Fsp3) is 0.296. The van der Waals surface area contributed by atoms with Gasteiger partial charge in [0.25, 0.3) is 5.56 Å². The van der Waals surface area contributed by atoms with Gasteiger partial charge in [-0.05, 0) is 60.9 Å². The number of ether oxygens (including phenoxy) is 3. The van der Waals surface area contributed by atoms with Gasteiger partial charge < -0.3 is 34.5 Å². The second-order valence-corrected chi connectivity index (χ2v) is 8.30. The Bertz CT molecular complexity index is 1350. The summed E-state index contributed by atoms with van der Waals surface area (Å²) in [6, 6.07) is 12.5. The van der Waals surface area contributed by atoms with E-state index >= 15 is 0 Å². The van der Waals surface area contributed by atoms with Crippen LogP contribution in [0.15, 0.2) is 53.3 Å². The lowest BCUT2D eigenvalue weighted by Crippen LogP contribution is -2.36. The highest BCUT2D eigenvalue weighted by Crippen LogP contribution is 2.32. The van der Waals surface area contributed by atoms with E-state index in [1.54, 1.807) is 27.0 Å². The topological polar surface area (TPSA) is 128 Å². The van der Waals surface area contributed by atoms with Crippen molar-refractivity contribution in [3.8, 4) is 28.4 Å². The first kappa shape index (κ1) is 27.1. The first-order chi connectivity index (χ1) is 17.7. The van der Waals surface area contributed by atoms with E-state index in [1.165, 1.54) is 24.8 Å². The van der Waals surface area contributed by atoms with Crippen LogP contribution in [0.4, 0.5) is 10.5 Å². The number of amides is 2. The predicted molar refractivity (Wildman–Crippen MR) is 139 cm³/mol. The Morgan fingerprint density at radius 3 is 2.41 bits per heavy atom. The molecule has 0 spiro atoms. The molecule has 0 radical (unpaired) electrons. The van der Waals surface area contributed by atoms with E-state index in [1.807, 2.05) is 36.4 Å². The first-order valence-corrected chi connectivity index (χ1v) is 11.6. The summed E-state index contributed by atoms with van der Waals surface area (Å²) in [5.74, 6) is 0.297. The molecule has 37 heavy (non-hydrogen) atoms. The van der Waals surface area contributed by atoms with Crippen molar-refractivity contribution < 1.29 is 28.9 Å². The minimum Gasteiger partial charge on any atom is -0.505 e. The lowest BCUT2D eigenvalue weighted by molar-refractivity contribution is -0.143.